The van der Waals surface area contributed by atoms with Gasteiger partial charge in [-0.1, -0.05) is 6.92 Å². The minimum absolute atomic E-state index is 0.619. The molecule has 0 saturated heterocycles. The average Bonchev–Trinajstić information content (AvgIpc) is 2.59. The second-order valence-corrected chi connectivity index (χ2v) is 3.64. The molecule has 4 heteroatoms. The van der Waals surface area contributed by atoms with Crippen LogP contribution in [0.1, 0.15) is 25.0 Å². The normalized spacial score (nSPS) is 21.5. The zero-order valence-electron chi connectivity index (χ0n) is 8.03. The number of fused-ring (bicyclic) bond motifs is 1. The van der Waals surface area contributed by atoms with Gasteiger partial charge in [0.2, 0.25) is 0 Å². The summed E-state index contributed by atoms with van der Waals surface area (Å²) in [5.41, 5.74) is 5.67. The molecule has 0 amide bonds. The number of rotatable bonds is 2. The molecule has 0 aromatic carbocycles. The number of hydrogen-bond donors (Lipinski definition) is 1. The average molecular weight is 180 g/mol. The monoisotopic (exact) mass is 180 g/mol. The molecule has 4 nitrogen and oxygen atoms in total. The number of nitrogens with two attached hydrogens (primary N) is 1. The summed E-state index contributed by atoms with van der Waals surface area (Å²) in [6, 6.07) is 0. The van der Waals surface area contributed by atoms with Crippen LogP contribution in [0.3, 0.4) is 0 Å². The molecule has 0 bridgehead atoms. The fraction of sp³-hybridized carbons (Fsp3) is 0.778. The van der Waals surface area contributed by atoms with Crippen molar-refractivity contribution < 1.29 is 0 Å². The molecule has 13 heavy (non-hydrogen) atoms. The lowest BCUT2D eigenvalue weighted by Crippen LogP contribution is -2.27. The summed E-state index contributed by atoms with van der Waals surface area (Å²) in [5, 5.41) is 8.33. The van der Waals surface area contributed by atoms with E-state index in [0.717, 1.165) is 37.6 Å². The van der Waals surface area contributed by atoms with Gasteiger partial charge in [-0.25, -0.2) is 0 Å². The maximum absolute atomic E-state index is 5.67. The van der Waals surface area contributed by atoms with E-state index in [2.05, 4.69) is 21.7 Å². The fourth-order valence-electron chi connectivity index (χ4n) is 1.90. The predicted octanol–water partition coefficient (Wildman–Crippen LogP) is 0.362. The first-order valence-corrected chi connectivity index (χ1v) is 4.96. The van der Waals surface area contributed by atoms with Crippen molar-refractivity contribution in [2.45, 2.75) is 32.7 Å². The fourth-order valence-corrected chi connectivity index (χ4v) is 1.90. The zero-order chi connectivity index (χ0) is 9.26. The van der Waals surface area contributed by atoms with Crippen LogP contribution in [-0.4, -0.2) is 21.3 Å². The first kappa shape index (κ1) is 8.69. The molecule has 2 heterocycles. The molecule has 1 atom stereocenters. The molecule has 0 spiro atoms. The van der Waals surface area contributed by atoms with Gasteiger partial charge in [0, 0.05) is 19.4 Å². The summed E-state index contributed by atoms with van der Waals surface area (Å²) in [6.45, 7) is 3.91. The van der Waals surface area contributed by atoms with E-state index in [1.54, 1.807) is 0 Å². The van der Waals surface area contributed by atoms with Crippen molar-refractivity contribution in [1.29, 1.82) is 0 Å². The molecule has 1 aliphatic rings. The Balaban J connectivity index is 2.25. The second kappa shape index (κ2) is 3.46. The van der Waals surface area contributed by atoms with Crippen LogP contribution in [0.25, 0.3) is 0 Å². The predicted molar refractivity (Wildman–Crippen MR) is 50.3 cm³/mol. The van der Waals surface area contributed by atoms with Gasteiger partial charge in [0.05, 0.1) is 0 Å². The topological polar surface area (TPSA) is 56.7 Å². The van der Waals surface area contributed by atoms with E-state index >= 15 is 0 Å². The van der Waals surface area contributed by atoms with Crippen LogP contribution < -0.4 is 5.73 Å². The van der Waals surface area contributed by atoms with Gasteiger partial charge in [0.1, 0.15) is 11.6 Å². The molecule has 0 aliphatic carbocycles. The highest BCUT2D eigenvalue weighted by atomic mass is 15.3. The first-order valence-electron chi connectivity index (χ1n) is 4.96. The smallest absolute Gasteiger partial charge is 0.133 e. The van der Waals surface area contributed by atoms with Crippen molar-refractivity contribution >= 4 is 0 Å². The van der Waals surface area contributed by atoms with Crippen LogP contribution in [0.5, 0.6) is 0 Å². The summed E-state index contributed by atoms with van der Waals surface area (Å²) in [4.78, 5) is 0. The summed E-state index contributed by atoms with van der Waals surface area (Å²) in [7, 11) is 0. The molecular weight excluding hydrogens is 164 g/mol. The van der Waals surface area contributed by atoms with Gasteiger partial charge < -0.3 is 10.3 Å². The van der Waals surface area contributed by atoms with Crippen LogP contribution in [0, 0.1) is 5.92 Å². The van der Waals surface area contributed by atoms with E-state index < -0.39 is 0 Å². The summed E-state index contributed by atoms with van der Waals surface area (Å²) in [6.07, 6.45) is 3.16. The molecule has 72 valence electrons. The third kappa shape index (κ3) is 1.46. The molecule has 0 radical (unpaired) electrons. The van der Waals surface area contributed by atoms with Gasteiger partial charge in [-0.05, 0) is 18.9 Å². The highest BCUT2D eigenvalue weighted by Crippen LogP contribution is 2.19. The van der Waals surface area contributed by atoms with Crippen molar-refractivity contribution in [3.8, 4) is 0 Å². The van der Waals surface area contributed by atoms with E-state index in [0.29, 0.717) is 5.92 Å². The Morgan fingerprint density at radius 2 is 2.38 bits per heavy atom. The van der Waals surface area contributed by atoms with Crippen LogP contribution in [0.4, 0.5) is 0 Å². The van der Waals surface area contributed by atoms with Crippen LogP contribution >= 0.6 is 0 Å². The van der Waals surface area contributed by atoms with Crippen molar-refractivity contribution in [3.63, 3.8) is 0 Å². The Labute approximate surface area is 78.1 Å². The standard InChI is InChI=1S/C9H16N4/c1-2-8-11-12-9-4-3-7(5-10)6-13(8)9/h7H,2-6,10H2,1H3. The Morgan fingerprint density at radius 1 is 1.54 bits per heavy atom. The maximum Gasteiger partial charge on any atom is 0.133 e. The third-order valence-corrected chi connectivity index (χ3v) is 2.77. The summed E-state index contributed by atoms with van der Waals surface area (Å²) >= 11 is 0. The Bertz CT molecular complexity index is 278. The van der Waals surface area contributed by atoms with Crippen molar-refractivity contribution in [1.82, 2.24) is 14.8 Å². The Hall–Kier alpha value is -0.900. The SMILES string of the molecule is CCc1nnc2n1CC(CN)CC2. The third-order valence-electron chi connectivity index (χ3n) is 2.77. The lowest BCUT2D eigenvalue weighted by atomic mass is 9.99. The largest absolute Gasteiger partial charge is 0.330 e. The Morgan fingerprint density at radius 3 is 3.08 bits per heavy atom. The number of aryl methyl sites for hydroxylation is 2. The van der Waals surface area contributed by atoms with E-state index in [1.165, 1.54) is 6.42 Å². The van der Waals surface area contributed by atoms with E-state index in [1.807, 2.05) is 0 Å². The quantitative estimate of drug-likeness (QED) is 0.715. The maximum atomic E-state index is 5.67. The van der Waals surface area contributed by atoms with Gasteiger partial charge in [-0.15, -0.1) is 10.2 Å². The lowest BCUT2D eigenvalue weighted by molar-refractivity contribution is 0.367. The molecule has 2 N–H and O–H groups in total. The van der Waals surface area contributed by atoms with Crippen molar-refractivity contribution in [3.05, 3.63) is 11.6 Å². The number of hydrogen-bond acceptors (Lipinski definition) is 3. The summed E-state index contributed by atoms with van der Waals surface area (Å²) in [5.74, 6) is 2.86. The molecule has 1 unspecified atom stereocenters. The minimum Gasteiger partial charge on any atom is -0.330 e. The van der Waals surface area contributed by atoms with Gasteiger partial charge in [0.15, 0.2) is 0 Å². The molecule has 0 fully saturated rings. The van der Waals surface area contributed by atoms with E-state index in [9.17, 15) is 0 Å². The van der Waals surface area contributed by atoms with Crippen LogP contribution in [0.15, 0.2) is 0 Å². The molecular formula is C9H16N4. The zero-order valence-corrected chi connectivity index (χ0v) is 8.03. The van der Waals surface area contributed by atoms with Crippen LogP contribution in [0.2, 0.25) is 0 Å². The van der Waals surface area contributed by atoms with Gasteiger partial charge >= 0.3 is 0 Å². The molecule has 2 rings (SSSR count). The van der Waals surface area contributed by atoms with Crippen molar-refractivity contribution in [2.75, 3.05) is 6.54 Å². The molecule has 1 aromatic heterocycles. The van der Waals surface area contributed by atoms with E-state index in [-0.39, 0.29) is 0 Å². The highest BCUT2D eigenvalue weighted by Gasteiger charge is 2.20. The second-order valence-electron chi connectivity index (χ2n) is 3.64. The molecule has 1 aromatic rings. The number of aromatic nitrogens is 3. The Kier molecular flexibility index (Phi) is 2.31. The van der Waals surface area contributed by atoms with Gasteiger partial charge in [-0.2, -0.15) is 0 Å². The van der Waals surface area contributed by atoms with E-state index in [4.69, 9.17) is 5.73 Å². The minimum atomic E-state index is 0.619. The lowest BCUT2D eigenvalue weighted by Gasteiger charge is -2.22. The first-order chi connectivity index (χ1) is 6.35. The van der Waals surface area contributed by atoms with Crippen LogP contribution in [-0.2, 0) is 19.4 Å². The molecule has 1 aliphatic heterocycles. The summed E-state index contributed by atoms with van der Waals surface area (Å²) < 4.78 is 2.24. The number of nitrogens with zero attached hydrogens (tertiary/aromatic N) is 3. The van der Waals surface area contributed by atoms with Crippen molar-refractivity contribution in [2.24, 2.45) is 11.7 Å². The molecule has 0 saturated carbocycles. The highest BCUT2D eigenvalue weighted by molar-refractivity contribution is 4.99. The van der Waals surface area contributed by atoms with Gasteiger partial charge in [0.25, 0.3) is 0 Å². The van der Waals surface area contributed by atoms with Gasteiger partial charge in [-0.3, -0.25) is 0 Å².